The van der Waals surface area contributed by atoms with E-state index in [0.717, 1.165) is 31.2 Å². The molecule has 19 heavy (non-hydrogen) atoms. The highest BCUT2D eigenvalue weighted by molar-refractivity contribution is 5.92. The molecule has 2 N–H and O–H groups in total. The number of carbonyl (C=O) groups excluding carboxylic acids is 1. The molecular weight excluding hydrogens is 240 g/mol. The van der Waals surface area contributed by atoms with E-state index in [4.69, 9.17) is 5.73 Å². The highest BCUT2D eigenvalue weighted by Crippen LogP contribution is 2.28. The van der Waals surface area contributed by atoms with Gasteiger partial charge in [-0.2, -0.15) is 0 Å². The molecule has 0 atom stereocenters. The summed E-state index contributed by atoms with van der Waals surface area (Å²) in [6, 6.07) is 0.461. The van der Waals surface area contributed by atoms with Gasteiger partial charge < -0.3 is 10.3 Å². The first kappa shape index (κ1) is 14.1. The molecule has 1 aromatic rings. The molecule has 1 amide bonds. The van der Waals surface area contributed by atoms with E-state index in [9.17, 15) is 4.79 Å². The Morgan fingerprint density at radius 3 is 2.42 bits per heavy atom. The van der Waals surface area contributed by atoms with Crippen molar-refractivity contribution in [3.63, 3.8) is 0 Å². The minimum absolute atomic E-state index is 0.0809. The van der Waals surface area contributed by atoms with Crippen molar-refractivity contribution in [2.75, 3.05) is 6.54 Å². The van der Waals surface area contributed by atoms with Crippen molar-refractivity contribution in [1.29, 1.82) is 0 Å². The summed E-state index contributed by atoms with van der Waals surface area (Å²) in [7, 11) is 0. The van der Waals surface area contributed by atoms with E-state index >= 15 is 0 Å². The van der Waals surface area contributed by atoms with Crippen LogP contribution in [0.1, 0.15) is 56.6 Å². The maximum atomic E-state index is 11.6. The number of carbonyl (C=O) groups is 1. The van der Waals surface area contributed by atoms with Crippen LogP contribution < -0.4 is 5.73 Å². The summed E-state index contributed by atoms with van der Waals surface area (Å²) in [5.41, 5.74) is 6.81. The lowest BCUT2D eigenvalue weighted by atomic mass is 9.95. The molecular formula is C14H24N4O. The van der Waals surface area contributed by atoms with Crippen LogP contribution in [0.15, 0.2) is 0 Å². The van der Waals surface area contributed by atoms with E-state index in [1.807, 2.05) is 0 Å². The lowest BCUT2D eigenvalue weighted by Crippen LogP contribution is -2.39. The largest absolute Gasteiger partial charge is 0.364 e. The molecule has 5 heteroatoms. The van der Waals surface area contributed by atoms with Crippen molar-refractivity contribution in [3.05, 3.63) is 17.2 Å². The summed E-state index contributed by atoms with van der Waals surface area (Å²) >= 11 is 0. The fourth-order valence-corrected chi connectivity index (χ4v) is 2.60. The molecule has 0 saturated carbocycles. The molecule has 0 saturated heterocycles. The van der Waals surface area contributed by atoms with E-state index in [-0.39, 0.29) is 5.41 Å². The van der Waals surface area contributed by atoms with Crippen LogP contribution in [-0.2, 0) is 18.5 Å². The van der Waals surface area contributed by atoms with Crippen molar-refractivity contribution >= 4 is 5.91 Å². The molecule has 1 aliphatic heterocycles. The van der Waals surface area contributed by atoms with Gasteiger partial charge in [0.25, 0.3) is 5.91 Å². The van der Waals surface area contributed by atoms with Crippen LogP contribution in [-0.4, -0.2) is 32.9 Å². The molecule has 0 unspecified atom stereocenters. The van der Waals surface area contributed by atoms with Crippen LogP contribution in [0.5, 0.6) is 0 Å². The highest BCUT2D eigenvalue weighted by Gasteiger charge is 2.31. The number of hydrogen-bond acceptors (Lipinski definition) is 3. The SMILES string of the molecule is CC(C)N1CCn2c(C(C)(C)C)nc(C(N)=O)c2C1. The van der Waals surface area contributed by atoms with Gasteiger partial charge in [-0.3, -0.25) is 9.69 Å². The van der Waals surface area contributed by atoms with Gasteiger partial charge in [0.05, 0.1) is 5.69 Å². The van der Waals surface area contributed by atoms with Crippen molar-refractivity contribution < 1.29 is 4.79 Å². The van der Waals surface area contributed by atoms with Gasteiger partial charge in [-0.25, -0.2) is 4.98 Å². The second-order valence-corrected chi connectivity index (χ2v) is 6.56. The second kappa shape index (κ2) is 4.63. The molecule has 1 aromatic heterocycles. The average molecular weight is 264 g/mol. The zero-order valence-corrected chi connectivity index (χ0v) is 12.5. The first-order valence-corrected chi connectivity index (χ1v) is 6.85. The molecule has 0 radical (unpaired) electrons. The molecule has 0 spiro atoms. The van der Waals surface area contributed by atoms with E-state index in [1.54, 1.807) is 0 Å². The number of aromatic nitrogens is 2. The van der Waals surface area contributed by atoms with Crippen LogP contribution in [0.3, 0.4) is 0 Å². The lowest BCUT2D eigenvalue weighted by Gasteiger charge is -2.33. The van der Waals surface area contributed by atoms with Crippen LogP contribution >= 0.6 is 0 Å². The smallest absolute Gasteiger partial charge is 0.269 e. The van der Waals surface area contributed by atoms with Gasteiger partial charge in [0.1, 0.15) is 5.82 Å². The van der Waals surface area contributed by atoms with E-state index in [2.05, 4.69) is 49.1 Å². The van der Waals surface area contributed by atoms with Crippen LogP contribution in [0.4, 0.5) is 0 Å². The summed E-state index contributed by atoms with van der Waals surface area (Å²) in [5, 5.41) is 0. The standard InChI is InChI=1S/C14H24N4O/c1-9(2)17-6-7-18-10(8-17)11(12(15)19)16-13(18)14(3,4)5/h9H,6-8H2,1-5H3,(H2,15,19). The van der Waals surface area contributed by atoms with Crippen molar-refractivity contribution in [2.45, 2.75) is 59.2 Å². The van der Waals surface area contributed by atoms with Gasteiger partial charge in [-0.15, -0.1) is 0 Å². The number of fused-ring (bicyclic) bond motifs is 1. The fourth-order valence-electron chi connectivity index (χ4n) is 2.60. The zero-order valence-electron chi connectivity index (χ0n) is 12.5. The summed E-state index contributed by atoms with van der Waals surface area (Å²) in [6.07, 6.45) is 0. The van der Waals surface area contributed by atoms with Crippen LogP contribution in [0.2, 0.25) is 0 Å². The van der Waals surface area contributed by atoms with Gasteiger partial charge in [0.2, 0.25) is 0 Å². The average Bonchev–Trinajstić information content (AvgIpc) is 2.66. The third-order valence-corrected chi connectivity index (χ3v) is 3.67. The van der Waals surface area contributed by atoms with E-state index in [1.165, 1.54) is 0 Å². The van der Waals surface area contributed by atoms with Gasteiger partial charge >= 0.3 is 0 Å². The number of amides is 1. The summed E-state index contributed by atoms with van der Waals surface area (Å²) < 4.78 is 2.18. The molecule has 5 nitrogen and oxygen atoms in total. The van der Waals surface area contributed by atoms with Gasteiger partial charge in [0.15, 0.2) is 5.69 Å². The summed E-state index contributed by atoms with van der Waals surface area (Å²) in [4.78, 5) is 18.5. The minimum atomic E-state index is -0.426. The highest BCUT2D eigenvalue weighted by atomic mass is 16.1. The third kappa shape index (κ3) is 2.52. The van der Waals surface area contributed by atoms with Crippen LogP contribution in [0, 0.1) is 0 Å². The maximum Gasteiger partial charge on any atom is 0.269 e. The summed E-state index contributed by atoms with van der Waals surface area (Å²) in [5.74, 6) is 0.532. The van der Waals surface area contributed by atoms with Crippen molar-refractivity contribution in [1.82, 2.24) is 14.5 Å². The van der Waals surface area contributed by atoms with Gasteiger partial charge in [-0.05, 0) is 13.8 Å². The Morgan fingerprint density at radius 2 is 1.95 bits per heavy atom. The van der Waals surface area contributed by atoms with Gasteiger partial charge in [0, 0.05) is 31.1 Å². The number of nitrogens with zero attached hydrogens (tertiary/aromatic N) is 3. The predicted octanol–water partition coefficient (Wildman–Crippen LogP) is 1.50. The molecule has 1 aliphatic rings. The number of primary amides is 1. The topological polar surface area (TPSA) is 64.2 Å². The molecule has 2 heterocycles. The molecule has 0 fully saturated rings. The molecule has 0 aromatic carbocycles. The first-order valence-electron chi connectivity index (χ1n) is 6.85. The minimum Gasteiger partial charge on any atom is -0.364 e. The number of imidazole rings is 1. The second-order valence-electron chi connectivity index (χ2n) is 6.56. The predicted molar refractivity (Wildman–Crippen MR) is 75.0 cm³/mol. The summed E-state index contributed by atoms with van der Waals surface area (Å²) in [6.45, 7) is 13.3. The molecule has 2 rings (SSSR count). The number of rotatable bonds is 2. The molecule has 0 bridgehead atoms. The number of nitrogens with two attached hydrogens (primary N) is 1. The van der Waals surface area contributed by atoms with Crippen molar-refractivity contribution in [2.24, 2.45) is 5.73 Å². The number of hydrogen-bond donors (Lipinski definition) is 1. The lowest BCUT2D eigenvalue weighted by molar-refractivity contribution is 0.0990. The third-order valence-electron chi connectivity index (χ3n) is 3.67. The van der Waals surface area contributed by atoms with E-state index in [0.29, 0.717) is 11.7 Å². The Kier molecular flexibility index (Phi) is 3.43. The van der Waals surface area contributed by atoms with E-state index < -0.39 is 5.91 Å². The monoisotopic (exact) mass is 264 g/mol. The van der Waals surface area contributed by atoms with Crippen LogP contribution in [0.25, 0.3) is 0 Å². The Hall–Kier alpha value is -1.36. The Morgan fingerprint density at radius 1 is 1.32 bits per heavy atom. The molecule has 0 aliphatic carbocycles. The van der Waals surface area contributed by atoms with Crippen molar-refractivity contribution in [3.8, 4) is 0 Å². The Bertz CT molecular complexity index is 496. The normalized spacial score (nSPS) is 16.7. The Balaban J connectivity index is 2.50. The Labute approximate surface area is 114 Å². The first-order chi connectivity index (χ1) is 8.71. The van der Waals surface area contributed by atoms with Gasteiger partial charge in [-0.1, -0.05) is 20.8 Å². The maximum absolute atomic E-state index is 11.6. The molecule has 106 valence electrons. The fraction of sp³-hybridized carbons (Fsp3) is 0.714. The zero-order chi connectivity index (χ0) is 14.4. The quantitative estimate of drug-likeness (QED) is 0.880.